The maximum absolute atomic E-state index is 4.30. The van der Waals surface area contributed by atoms with E-state index in [1.54, 1.807) is 0 Å². The highest BCUT2D eigenvalue weighted by Crippen LogP contribution is 2.21. The van der Waals surface area contributed by atoms with Crippen LogP contribution in [0.5, 0.6) is 0 Å². The van der Waals surface area contributed by atoms with Crippen LogP contribution in [-0.4, -0.2) is 24.6 Å². The first-order chi connectivity index (χ1) is 9.54. The second kappa shape index (κ2) is 8.96. The van der Waals surface area contributed by atoms with E-state index >= 15 is 0 Å². The van der Waals surface area contributed by atoms with Crippen LogP contribution in [0.2, 0.25) is 0 Å². The third-order valence-electron chi connectivity index (χ3n) is 3.13. The number of hydrogen-bond donors (Lipinski definition) is 1. The molecule has 0 aromatic carbocycles. The van der Waals surface area contributed by atoms with E-state index in [0.717, 1.165) is 32.6 Å². The molecule has 114 valence electrons. The molecule has 1 aromatic rings. The molecular weight excluding hydrogens is 246 g/mol. The highest BCUT2D eigenvalue weighted by atomic mass is 15.1. The third-order valence-corrected chi connectivity index (χ3v) is 3.13. The van der Waals surface area contributed by atoms with Crippen molar-refractivity contribution in [3.05, 3.63) is 24.0 Å². The van der Waals surface area contributed by atoms with Crippen LogP contribution in [0.3, 0.4) is 0 Å². The molecule has 0 atom stereocenters. The Bertz CT molecular complexity index is 364. The molecule has 1 heterocycles. The van der Waals surface area contributed by atoms with Gasteiger partial charge < -0.3 is 10.2 Å². The molecule has 1 N–H and O–H groups in total. The van der Waals surface area contributed by atoms with Crippen LogP contribution in [0.25, 0.3) is 0 Å². The molecule has 3 nitrogen and oxygen atoms in total. The lowest BCUT2D eigenvalue weighted by Gasteiger charge is -2.30. The highest BCUT2D eigenvalue weighted by molar-refractivity contribution is 5.52. The Morgan fingerprint density at radius 1 is 1.15 bits per heavy atom. The summed E-state index contributed by atoms with van der Waals surface area (Å²) in [6, 6.07) is 2.16. The van der Waals surface area contributed by atoms with E-state index in [-0.39, 0.29) is 0 Å². The highest BCUT2D eigenvalue weighted by Gasteiger charge is 2.14. The van der Waals surface area contributed by atoms with Gasteiger partial charge in [-0.1, -0.05) is 34.6 Å². The van der Waals surface area contributed by atoms with Gasteiger partial charge in [0, 0.05) is 43.3 Å². The molecule has 3 heteroatoms. The summed E-state index contributed by atoms with van der Waals surface area (Å²) in [7, 11) is 0. The van der Waals surface area contributed by atoms with E-state index in [9.17, 15) is 0 Å². The van der Waals surface area contributed by atoms with E-state index < -0.39 is 0 Å². The van der Waals surface area contributed by atoms with Gasteiger partial charge in [0.05, 0.1) is 0 Å². The molecule has 0 amide bonds. The Hall–Kier alpha value is -1.09. The molecule has 20 heavy (non-hydrogen) atoms. The molecule has 1 aromatic heterocycles. The summed E-state index contributed by atoms with van der Waals surface area (Å²) in [6.45, 7) is 15.5. The summed E-state index contributed by atoms with van der Waals surface area (Å²) in [5.74, 6) is 1.33. The van der Waals surface area contributed by atoms with Crippen molar-refractivity contribution in [3.8, 4) is 0 Å². The largest absolute Gasteiger partial charge is 0.371 e. The number of anilines is 1. The average Bonchev–Trinajstić information content (AvgIpc) is 2.38. The molecule has 0 saturated carbocycles. The standard InChI is InChI=1S/C17H31N3/c1-6-8-18-10-16-11-19-9-7-17(16)20(12-14(2)3)13-15(4)5/h7,9,11,14-15,18H,6,8,10,12-13H2,1-5H3. The zero-order valence-corrected chi connectivity index (χ0v) is 13.8. The van der Waals surface area contributed by atoms with Gasteiger partial charge in [0.15, 0.2) is 0 Å². The maximum atomic E-state index is 4.30. The molecule has 0 spiro atoms. The number of nitrogens with one attached hydrogen (secondary N) is 1. The first-order valence-corrected chi connectivity index (χ1v) is 7.93. The second-order valence-corrected chi connectivity index (χ2v) is 6.37. The smallest absolute Gasteiger partial charge is 0.0442 e. The number of aromatic nitrogens is 1. The van der Waals surface area contributed by atoms with Crippen LogP contribution < -0.4 is 10.2 Å². The van der Waals surface area contributed by atoms with Crippen molar-refractivity contribution >= 4 is 5.69 Å². The maximum Gasteiger partial charge on any atom is 0.0442 e. The fourth-order valence-corrected chi connectivity index (χ4v) is 2.42. The van der Waals surface area contributed by atoms with Crippen LogP contribution in [0, 0.1) is 11.8 Å². The summed E-state index contributed by atoms with van der Waals surface area (Å²) in [6.07, 6.45) is 5.08. The zero-order chi connectivity index (χ0) is 15.0. The van der Waals surface area contributed by atoms with Gasteiger partial charge in [-0.15, -0.1) is 0 Å². The molecule has 0 fully saturated rings. The molecule has 0 saturated heterocycles. The molecule has 1 rings (SSSR count). The lowest BCUT2D eigenvalue weighted by atomic mass is 10.1. The summed E-state index contributed by atoms with van der Waals surface area (Å²) >= 11 is 0. The Morgan fingerprint density at radius 3 is 2.35 bits per heavy atom. The zero-order valence-electron chi connectivity index (χ0n) is 13.8. The summed E-state index contributed by atoms with van der Waals surface area (Å²) < 4.78 is 0. The number of hydrogen-bond acceptors (Lipinski definition) is 3. The van der Waals surface area contributed by atoms with E-state index in [1.165, 1.54) is 11.3 Å². The van der Waals surface area contributed by atoms with Crippen LogP contribution >= 0.6 is 0 Å². The lowest BCUT2D eigenvalue weighted by molar-refractivity contribution is 0.549. The van der Waals surface area contributed by atoms with Gasteiger partial charge in [-0.05, 0) is 30.9 Å². The van der Waals surface area contributed by atoms with Gasteiger partial charge >= 0.3 is 0 Å². The van der Waals surface area contributed by atoms with E-state index in [2.05, 4.69) is 55.9 Å². The predicted molar refractivity (Wildman–Crippen MR) is 88.1 cm³/mol. The van der Waals surface area contributed by atoms with Crippen LogP contribution in [0.1, 0.15) is 46.6 Å². The monoisotopic (exact) mass is 277 g/mol. The molecule has 0 aliphatic rings. The van der Waals surface area contributed by atoms with Crippen molar-refractivity contribution in [2.75, 3.05) is 24.5 Å². The minimum Gasteiger partial charge on any atom is -0.371 e. The van der Waals surface area contributed by atoms with Crippen molar-refractivity contribution in [2.45, 2.75) is 47.6 Å². The topological polar surface area (TPSA) is 28.2 Å². The van der Waals surface area contributed by atoms with Crippen molar-refractivity contribution in [1.82, 2.24) is 10.3 Å². The molecule has 0 bridgehead atoms. The molecular formula is C17H31N3. The first-order valence-electron chi connectivity index (χ1n) is 7.93. The number of nitrogens with zero attached hydrogens (tertiary/aromatic N) is 2. The molecule has 0 aliphatic heterocycles. The molecule has 0 aliphatic carbocycles. The van der Waals surface area contributed by atoms with E-state index in [1.807, 2.05) is 12.4 Å². The van der Waals surface area contributed by atoms with Crippen LogP contribution in [0.4, 0.5) is 5.69 Å². The summed E-state index contributed by atoms with van der Waals surface area (Å²) in [4.78, 5) is 6.81. The summed E-state index contributed by atoms with van der Waals surface area (Å²) in [5, 5.41) is 3.49. The Morgan fingerprint density at radius 2 is 1.80 bits per heavy atom. The fraction of sp³-hybridized carbons (Fsp3) is 0.706. The van der Waals surface area contributed by atoms with Gasteiger partial charge in [0.2, 0.25) is 0 Å². The molecule has 0 radical (unpaired) electrons. The Kier molecular flexibility index (Phi) is 7.60. The van der Waals surface area contributed by atoms with Crippen molar-refractivity contribution in [3.63, 3.8) is 0 Å². The third kappa shape index (κ3) is 5.91. The molecule has 0 unspecified atom stereocenters. The normalized spacial score (nSPS) is 11.3. The van der Waals surface area contributed by atoms with E-state index in [0.29, 0.717) is 11.8 Å². The fourth-order valence-electron chi connectivity index (χ4n) is 2.42. The first kappa shape index (κ1) is 17.0. The number of pyridine rings is 1. The van der Waals surface area contributed by atoms with Gasteiger partial charge in [-0.3, -0.25) is 4.98 Å². The minimum absolute atomic E-state index is 0.665. The second-order valence-electron chi connectivity index (χ2n) is 6.37. The number of rotatable bonds is 9. The van der Waals surface area contributed by atoms with Crippen molar-refractivity contribution in [2.24, 2.45) is 11.8 Å². The Balaban J connectivity index is 2.87. The summed E-state index contributed by atoms with van der Waals surface area (Å²) in [5.41, 5.74) is 2.65. The Labute approximate surface area is 124 Å². The van der Waals surface area contributed by atoms with Crippen molar-refractivity contribution in [1.29, 1.82) is 0 Å². The average molecular weight is 277 g/mol. The van der Waals surface area contributed by atoms with Gasteiger partial charge in [0.1, 0.15) is 0 Å². The van der Waals surface area contributed by atoms with Crippen LogP contribution in [0.15, 0.2) is 18.5 Å². The lowest BCUT2D eigenvalue weighted by Crippen LogP contribution is -2.32. The quantitative estimate of drug-likeness (QED) is 0.698. The minimum atomic E-state index is 0.665. The van der Waals surface area contributed by atoms with Gasteiger partial charge in [-0.25, -0.2) is 0 Å². The van der Waals surface area contributed by atoms with Crippen LogP contribution in [-0.2, 0) is 6.54 Å². The van der Waals surface area contributed by atoms with Gasteiger partial charge in [-0.2, -0.15) is 0 Å². The predicted octanol–water partition coefficient (Wildman–Crippen LogP) is 3.70. The van der Waals surface area contributed by atoms with Gasteiger partial charge in [0.25, 0.3) is 0 Å². The van der Waals surface area contributed by atoms with Crippen molar-refractivity contribution < 1.29 is 0 Å². The SMILES string of the molecule is CCCNCc1cnccc1N(CC(C)C)CC(C)C. The van der Waals surface area contributed by atoms with E-state index in [4.69, 9.17) is 0 Å².